The molecule has 0 bridgehead atoms. The number of likely N-dealkylation sites (tertiary alicyclic amines) is 1. The van der Waals surface area contributed by atoms with Crippen LogP contribution in [0.5, 0.6) is 0 Å². The number of aromatic nitrogens is 4. The number of rotatable bonds is 3. The number of fused-ring (bicyclic) bond motifs is 1. The number of imidazole rings is 1. The molecule has 9 nitrogen and oxygen atoms in total. The van der Waals surface area contributed by atoms with Crippen molar-refractivity contribution in [2.75, 3.05) is 19.3 Å². The number of nitrogen functional groups attached to an aromatic ring is 1. The van der Waals surface area contributed by atoms with E-state index in [0.717, 1.165) is 5.56 Å². The first-order valence-corrected chi connectivity index (χ1v) is 8.63. The van der Waals surface area contributed by atoms with E-state index in [1.165, 1.54) is 6.33 Å². The Hall–Kier alpha value is -3.49. The Balaban J connectivity index is 1.52. The van der Waals surface area contributed by atoms with Gasteiger partial charge < -0.3 is 20.9 Å². The molecule has 1 aliphatic rings. The van der Waals surface area contributed by atoms with Gasteiger partial charge in [-0.1, -0.05) is 12.1 Å². The number of H-pyrrole nitrogens is 1. The van der Waals surface area contributed by atoms with Gasteiger partial charge in [-0.25, -0.2) is 9.97 Å². The van der Waals surface area contributed by atoms with Gasteiger partial charge in [-0.3, -0.25) is 9.59 Å². The molecule has 1 aromatic carbocycles. The van der Waals surface area contributed by atoms with Crippen LogP contribution in [0.4, 0.5) is 5.95 Å². The van der Waals surface area contributed by atoms with Crippen LogP contribution in [0.1, 0.15) is 23.2 Å². The molecule has 9 heteroatoms. The van der Waals surface area contributed by atoms with Crippen LogP contribution >= 0.6 is 0 Å². The molecule has 4 N–H and O–H groups in total. The second-order valence-electron chi connectivity index (χ2n) is 6.59. The van der Waals surface area contributed by atoms with Crippen molar-refractivity contribution in [1.29, 1.82) is 0 Å². The summed E-state index contributed by atoms with van der Waals surface area (Å²) in [6, 6.07) is 7.07. The molecule has 138 valence electrons. The maximum Gasteiger partial charge on any atom is 0.251 e. The molecule has 2 aromatic heterocycles. The molecular weight excluding hydrogens is 346 g/mol. The first-order chi connectivity index (χ1) is 13.0. The second-order valence-corrected chi connectivity index (χ2v) is 6.59. The van der Waals surface area contributed by atoms with Crippen LogP contribution in [0.3, 0.4) is 0 Å². The molecule has 1 atom stereocenters. The van der Waals surface area contributed by atoms with E-state index >= 15 is 0 Å². The standard InChI is InChI=1S/C18H19N7O2/c1-25-8-12(6-7-13(25)26)22-17(27)11-4-2-10(3-5-11)14-15-16(21-9-20-15)24-18(19)23-14/h2-5,9,12H,6-8H2,1H3,(H,22,27)(H3,19,20,21,23,24)/t12-/m0/s1. The number of carbonyl (C=O) groups is 2. The first kappa shape index (κ1) is 17.0. The predicted octanol–water partition coefficient (Wildman–Crippen LogP) is 0.953. The van der Waals surface area contributed by atoms with Gasteiger partial charge in [-0.15, -0.1) is 0 Å². The van der Waals surface area contributed by atoms with E-state index in [1.807, 2.05) is 12.1 Å². The maximum absolute atomic E-state index is 12.5. The normalized spacial score (nSPS) is 17.3. The average molecular weight is 365 g/mol. The van der Waals surface area contributed by atoms with Crippen molar-refractivity contribution in [1.82, 2.24) is 30.2 Å². The number of hydrogen-bond donors (Lipinski definition) is 3. The Morgan fingerprint density at radius 2 is 2.07 bits per heavy atom. The van der Waals surface area contributed by atoms with Crippen molar-refractivity contribution in [3.63, 3.8) is 0 Å². The molecule has 0 saturated carbocycles. The van der Waals surface area contributed by atoms with E-state index in [4.69, 9.17) is 5.73 Å². The highest BCUT2D eigenvalue weighted by Crippen LogP contribution is 2.25. The Kier molecular flexibility index (Phi) is 4.19. The monoisotopic (exact) mass is 365 g/mol. The van der Waals surface area contributed by atoms with Crippen molar-refractivity contribution in [2.45, 2.75) is 18.9 Å². The minimum absolute atomic E-state index is 0.0360. The quantitative estimate of drug-likeness (QED) is 0.634. The highest BCUT2D eigenvalue weighted by molar-refractivity contribution is 5.95. The van der Waals surface area contributed by atoms with E-state index in [9.17, 15) is 9.59 Å². The number of nitrogens with zero attached hydrogens (tertiary/aromatic N) is 4. The molecular formula is C18H19N7O2. The lowest BCUT2D eigenvalue weighted by atomic mass is 10.0. The number of nitrogens with two attached hydrogens (primary N) is 1. The Morgan fingerprint density at radius 1 is 1.30 bits per heavy atom. The smallest absolute Gasteiger partial charge is 0.251 e. The number of hydrogen-bond acceptors (Lipinski definition) is 6. The minimum Gasteiger partial charge on any atom is -0.368 e. The van der Waals surface area contributed by atoms with Crippen molar-refractivity contribution in [3.8, 4) is 11.3 Å². The third-order valence-electron chi connectivity index (χ3n) is 4.69. The Morgan fingerprint density at radius 3 is 2.81 bits per heavy atom. The van der Waals surface area contributed by atoms with Gasteiger partial charge in [0.15, 0.2) is 5.65 Å². The summed E-state index contributed by atoms with van der Waals surface area (Å²) in [6.07, 6.45) is 2.65. The molecule has 3 heterocycles. The van der Waals surface area contributed by atoms with Gasteiger partial charge in [-0.05, 0) is 18.6 Å². The summed E-state index contributed by atoms with van der Waals surface area (Å²) in [7, 11) is 1.75. The topological polar surface area (TPSA) is 130 Å². The van der Waals surface area contributed by atoms with Crippen LogP contribution in [0.2, 0.25) is 0 Å². The first-order valence-electron chi connectivity index (χ1n) is 8.63. The highest BCUT2D eigenvalue weighted by atomic mass is 16.2. The lowest BCUT2D eigenvalue weighted by molar-refractivity contribution is -0.132. The van der Waals surface area contributed by atoms with E-state index in [0.29, 0.717) is 41.8 Å². The number of nitrogens with one attached hydrogen (secondary N) is 2. The fourth-order valence-electron chi connectivity index (χ4n) is 3.24. The molecule has 3 aromatic rings. The summed E-state index contributed by atoms with van der Waals surface area (Å²) in [5.74, 6) is 0.0877. The number of piperidine rings is 1. The van der Waals surface area contributed by atoms with E-state index < -0.39 is 0 Å². The number of likely N-dealkylation sites (N-methyl/N-ethyl adjacent to an activating group) is 1. The number of amides is 2. The maximum atomic E-state index is 12.5. The van der Waals surface area contributed by atoms with Crippen LogP contribution in [-0.4, -0.2) is 56.3 Å². The minimum atomic E-state index is -0.164. The zero-order valence-corrected chi connectivity index (χ0v) is 14.8. The van der Waals surface area contributed by atoms with Gasteiger partial charge in [0.1, 0.15) is 11.2 Å². The van der Waals surface area contributed by atoms with Crippen molar-refractivity contribution >= 4 is 28.9 Å². The lowest BCUT2D eigenvalue weighted by Crippen LogP contribution is -2.48. The van der Waals surface area contributed by atoms with Crippen molar-refractivity contribution < 1.29 is 9.59 Å². The molecule has 0 aliphatic carbocycles. The molecule has 1 aliphatic heterocycles. The van der Waals surface area contributed by atoms with Gasteiger partial charge in [-0.2, -0.15) is 4.98 Å². The molecule has 1 saturated heterocycles. The zero-order chi connectivity index (χ0) is 19.0. The van der Waals surface area contributed by atoms with Gasteiger partial charge in [0.05, 0.1) is 6.33 Å². The molecule has 0 spiro atoms. The van der Waals surface area contributed by atoms with E-state index in [2.05, 4.69) is 25.3 Å². The fourth-order valence-corrected chi connectivity index (χ4v) is 3.24. The number of benzene rings is 1. The summed E-state index contributed by atoms with van der Waals surface area (Å²) >= 11 is 0. The van der Waals surface area contributed by atoms with Crippen molar-refractivity contribution in [3.05, 3.63) is 36.2 Å². The number of aromatic amines is 1. The SMILES string of the molecule is CN1C[C@@H](NC(=O)c2ccc(-c3nc(N)nc4nc[nH]c34)cc2)CCC1=O. The highest BCUT2D eigenvalue weighted by Gasteiger charge is 2.24. The van der Waals surface area contributed by atoms with Crippen LogP contribution in [0, 0.1) is 0 Å². The van der Waals surface area contributed by atoms with Crippen LogP contribution in [-0.2, 0) is 4.79 Å². The Labute approximate surface area is 155 Å². The molecule has 0 radical (unpaired) electrons. The van der Waals surface area contributed by atoms with E-state index in [1.54, 1.807) is 24.1 Å². The third-order valence-corrected chi connectivity index (χ3v) is 4.69. The van der Waals surface area contributed by atoms with Crippen LogP contribution in [0.15, 0.2) is 30.6 Å². The zero-order valence-electron chi connectivity index (χ0n) is 14.8. The molecule has 4 rings (SSSR count). The van der Waals surface area contributed by atoms with Crippen molar-refractivity contribution in [2.24, 2.45) is 0 Å². The van der Waals surface area contributed by atoms with E-state index in [-0.39, 0.29) is 23.8 Å². The molecule has 27 heavy (non-hydrogen) atoms. The lowest BCUT2D eigenvalue weighted by Gasteiger charge is -2.30. The predicted molar refractivity (Wildman–Crippen MR) is 99.7 cm³/mol. The number of carbonyl (C=O) groups excluding carboxylic acids is 2. The van der Waals surface area contributed by atoms with Gasteiger partial charge >= 0.3 is 0 Å². The fraction of sp³-hybridized carbons (Fsp3) is 0.278. The van der Waals surface area contributed by atoms with Crippen LogP contribution < -0.4 is 11.1 Å². The summed E-state index contributed by atoms with van der Waals surface area (Å²) < 4.78 is 0. The summed E-state index contributed by atoms with van der Waals surface area (Å²) in [4.78, 5) is 41.2. The summed E-state index contributed by atoms with van der Waals surface area (Å²) in [5, 5.41) is 2.99. The summed E-state index contributed by atoms with van der Waals surface area (Å²) in [6.45, 7) is 0.528. The van der Waals surface area contributed by atoms with Gasteiger partial charge in [0.2, 0.25) is 11.9 Å². The molecule has 2 amide bonds. The number of anilines is 1. The average Bonchev–Trinajstić information content (AvgIpc) is 3.12. The van der Waals surface area contributed by atoms with Crippen LogP contribution in [0.25, 0.3) is 22.4 Å². The van der Waals surface area contributed by atoms with Gasteiger partial charge in [0, 0.05) is 37.2 Å². The largest absolute Gasteiger partial charge is 0.368 e. The third kappa shape index (κ3) is 3.31. The molecule has 0 unspecified atom stereocenters. The Bertz CT molecular complexity index is 1010. The van der Waals surface area contributed by atoms with Gasteiger partial charge in [0.25, 0.3) is 5.91 Å². The summed E-state index contributed by atoms with van der Waals surface area (Å²) in [5.41, 5.74) is 8.92. The molecule has 1 fully saturated rings. The second kappa shape index (κ2) is 6.67.